The lowest BCUT2D eigenvalue weighted by atomic mass is 10.1. The number of thiophene rings is 1. The molecule has 11 nitrogen and oxygen atoms in total. The van der Waals surface area contributed by atoms with Crippen LogP contribution in [0.25, 0.3) is 0 Å². The van der Waals surface area contributed by atoms with E-state index in [0.717, 1.165) is 18.4 Å². The summed E-state index contributed by atoms with van der Waals surface area (Å²) in [5.74, 6) is -3.66. The van der Waals surface area contributed by atoms with Crippen molar-refractivity contribution in [2.24, 2.45) is 0 Å². The maximum absolute atomic E-state index is 12.4. The highest BCUT2D eigenvalue weighted by Crippen LogP contribution is 2.34. The van der Waals surface area contributed by atoms with Gasteiger partial charge >= 0.3 is 23.9 Å². The molecule has 0 saturated carbocycles. The topological polar surface area (TPSA) is 150 Å². The second-order valence-electron chi connectivity index (χ2n) is 6.48. The molecule has 2 heterocycles. The molecule has 0 atom stereocenters. The average molecular weight is 466 g/mol. The van der Waals surface area contributed by atoms with E-state index in [9.17, 15) is 24.0 Å². The summed E-state index contributed by atoms with van der Waals surface area (Å²) in [6.07, 6.45) is 0. The van der Waals surface area contributed by atoms with E-state index in [-0.39, 0.29) is 32.3 Å². The minimum atomic E-state index is -0.860. The van der Waals surface area contributed by atoms with Crippen molar-refractivity contribution in [1.29, 1.82) is 0 Å². The summed E-state index contributed by atoms with van der Waals surface area (Å²) in [4.78, 5) is 63.5. The van der Waals surface area contributed by atoms with Gasteiger partial charge in [-0.25, -0.2) is 19.2 Å². The third-order valence-corrected chi connectivity index (χ3v) is 5.71. The van der Waals surface area contributed by atoms with Gasteiger partial charge in [-0.2, -0.15) is 0 Å². The maximum atomic E-state index is 12.4. The van der Waals surface area contributed by atoms with Gasteiger partial charge in [-0.1, -0.05) is 0 Å². The van der Waals surface area contributed by atoms with E-state index in [1.165, 1.54) is 28.1 Å². The van der Waals surface area contributed by atoms with Gasteiger partial charge in [0.15, 0.2) is 6.61 Å². The molecule has 0 aliphatic carbocycles. The first kappa shape index (κ1) is 24.6. The standard InChI is InChI=1S/C20H22N2O9S/c1-8-12(17(24)28-4)10(3)21-14(8)19(26)31-7-11(23)22-16-13(18(25)29-5)9(2)15(32-16)20(27)30-6/h21H,7H2,1-6H3,(H,22,23). The first-order valence-corrected chi connectivity index (χ1v) is 9.93. The number of nitrogens with one attached hydrogen (secondary N) is 2. The summed E-state index contributed by atoms with van der Waals surface area (Å²) >= 11 is 0.830. The Kier molecular flexibility index (Phi) is 7.76. The van der Waals surface area contributed by atoms with E-state index < -0.39 is 36.4 Å². The summed E-state index contributed by atoms with van der Waals surface area (Å²) in [5.41, 5.74) is 1.23. The molecule has 2 aromatic heterocycles. The lowest BCUT2D eigenvalue weighted by molar-refractivity contribution is -0.119. The molecular weight excluding hydrogens is 444 g/mol. The normalized spacial score (nSPS) is 10.3. The smallest absolute Gasteiger partial charge is 0.355 e. The number of aromatic amines is 1. The van der Waals surface area contributed by atoms with Crippen molar-refractivity contribution in [3.63, 3.8) is 0 Å². The van der Waals surface area contributed by atoms with Gasteiger partial charge in [0.25, 0.3) is 5.91 Å². The molecular formula is C20H22N2O9S. The van der Waals surface area contributed by atoms with Crippen molar-refractivity contribution < 1.29 is 42.9 Å². The summed E-state index contributed by atoms with van der Waals surface area (Å²) in [6.45, 7) is 3.96. The van der Waals surface area contributed by atoms with Crippen LogP contribution in [0.5, 0.6) is 0 Å². The number of H-pyrrole nitrogens is 1. The van der Waals surface area contributed by atoms with Crippen LogP contribution in [0.2, 0.25) is 0 Å². The van der Waals surface area contributed by atoms with E-state index in [1.54, 1.807) is 6.92 Å². The van der Waals surface area contributed by atoms with E-state index in [0.29, 0.717) is 11.3 Å². The Balaban J connectivity index is 2.17. The minimum Gasteiger partial charge on any atom is -0.465 e. The van der Waals surface area contributed by atoms with Crippen LogP contribution in [0.1, 0.15) is 57.7 Å². The predicted molar refractivity (Wildman–Crippen MR) is 112 cm³/mol. The number of hydrogen-bond donors (Lipinski definition) is 2. The summed E-state index contributed by atoms with van der Waals surface area (Å²) in [6, 6.07) is 0. The third kappa shape index (κ3) is 4.80. The SMILES string of the molecule is COC(=O)c1sc(NC(=O)COC(=O)c2[nH]c(C)c(C(=O)OC)c2C)c(C(=O)OC)c1C. The Morgan fingerprint density at radius 1 is 0.812 bits per heavy atom. The van der Waals surface area contributed by atoms with Crippen LogP contribution in [-0.4, -0.2) is 62.7 Å². The maximum Gasteiger partial charge on any atom is 0.355 e. The fourth-order valence-corrected chi connectivity index (χ4v) is 4.09. The largest absolute Gasteiger partial charge is 0.465 e. The molecule has 0 aliphatic rings. The van der Waals surface area contributed by atoms with Gasteiger partial charge in [0.1, 0.15) is 15.6 Å². The minimum absolute atomic E-state index is 0.00358. The number of carbonyl (C=O) groups is 5. The Morgan fingerprint density at radius 3 is 1.94 bits per heavy atom. The van der Waals surface area contributed by atoms with E-state index in [4.69, 9.17) is 9.47 Å². The van der Waals surface area contributed by atoms with Gasteiger partial charge in [-0.05, 0) is 31.9 Å². The second kappa shape index (κ2) is 10.1. The van der Waals surface area contributed by atoms with Crippen molar-refractivity contribution in [1.82, 2.24) is 4.98 Å². The van der Waals surface area contributed by atoms with Gasteiger partial charge in [-0.3, -0.25) is 4.79 Å². The number of hydrogen-bond acceptors (Lipinski definition) is 10. The molecule has 0 fully saturated rings. The first-order valence-electron chi connectivity index (χ1n) is 9.11. The zero-order chi connectivity index (χ0) is 24.2. The number of aryl methyl sites for hydroxylation is 1. The molecule has 0 bridgehead atoms. The van der Waals surface area contributed by atoms with E-state index in [1.807, 2.05) is 0 Å². The fraction of sp³-hybridized carbons (Fsp3) is 0.350. The van der Waals surface area contributed by atoms with Crippen molar-refractivity contribution >= 4 is 46.1 Å². The number of esters is 4. The van der Waals surface area contributed by atoms with Gasteiger partial charge in [0.05, 0.1) is 32.5 Å². The van der Waals surface area contributed by atoms with Crippen LogP contribution in [0, 0.1) is 20.8 Å². The highest BCUT2D eigenvalue weighted by Gasteiger charge is 2.28. The molecule has 0 aliphatic heterocycles. The van der Waals surface area contributed by atoms with Crippen molar-refractivity contribution in [2.75, 3.05) is 33.3 Å². The zero-order valence-electron chi connectivity index (χ0n) is 18.3. The van der Waals surface area contributed by atoms with Crippen molar-refractivity contribution in [3.8, 4) is 0 Å². The third-order valence-electron chi connectivity index (χ3n) is 4.53. The molecule has 0 unspecified atom stereocenters. The summed E-state index contributed by atoms with van der Waals surface area (Å²) in [7, 11) is 3.57. The van der Waals surface area contributed by atoms with Gasteiger partial charge in [0, 0.05) is 5.69 Å². The molecule has 2 rings (SSSR count). The van der Waals surface area contributed by atoms with E-state index in [2.05, 4.69) is 19.8 Å². The Hall–Kier alpha value is -3.67. The summed E-state index contributed by atoms with van der Waals surface area (Å²) < 4.78 is 19.1. The lowest BCUT2D eigenvalue weighted by Crippen LogP contribution is -2.22. The lowest BCUT2D eigenvalue weighted by Gasteiger charge is -2.07. The van der Waals surface area contributed by atoms with Crippen molar-refractivity contribution in [2.45, 2.75) is 20.8 Å². The van der Waals surface area contributed by atoms with Crippen LogP contribution in [0.15, 0.2) is 0 Å². The number of aromatic nitrogens is 1. The molecule has 0 aromatic carbocycles. The Morgan fingerprint density at radius 2 is 1.38 bits per heavy atom. The van der Waals surface area contributed by atoms with Gasteiger partial charge < -0.3 is 29.2 Å². The van der Waals surface area contributed by atoms with E-state index >= 15 is 0 Å². The molecule has 32 heavy (non-hydrogen) atoms. The number of anilines is 1. The Labute approximate surface area is 187 Å². The number of amides is 1. The van der Waals surface area contributed by atoms with Crippen LogP contribution in [0.4, 0.5) is 5.00 Å². The summed E-state index contributed by atoms with van der Waals surface area (Å²) in [5, 5.41) is 2.49. The average Bonchev–Trinajstić information content (AvgIpc) is 3.25. The zero-order valence-corrected chi connectivity index (χ0v) is 19.1. The van der Waals surface area contributed by atoms with Crippen LogP contribution in [0.3, 0.4) is 0 Å². The monoisotopic (exact) mass is 466 g/mol. The predicted octanol–water partition coefficient (Wildman–Crippen LogP) is 2.16. The number of ether oxygens (including phenoxy) is 4. The van der Waals surface area contributed by atoms with Crippen LogP contribution < -0.4 is 5.32 Å². The molecule has 2 aromatic rings. The van der Waals surface area contributed by atoms with Crippen molar-refractivity contribution in [3.05, 3.63) is 38.5 Å². The highest BCUT2D eigenvalue weighted by atomic mass is 32.1. The molecule has 1 amide bonds. The van der Waals surface area contributed by atoms with Gasteiger partial charge in [0.2, 0.25) is 0 Å². The van der Waals surface area contributed by atoms with Crippen LogP contribution >= 0.6 is 11.3 Å². The second-order valence-corrected chi connectivity index (χ2v) is 7.50. The first-order chi connectivity index (χ1) is 15.1. The molecule has 0 radical (unpaired) electrons. The number of methoxy groups -OCH3 is 3. The number of carbonyl (C=O) groups excluding carboxylic acids is 5. The molecule has 0 spiro atoms. The molecule has 12 heteroatoms. The molecule has 172 valence electrons. The molecule has 0 saturated heterocycles. The van der Waals surface area contributed by atoms with Crippen LogP contribution in [-0.2, 0) is 23.7 Å². The Bertz CT molecular complexity index is 1100. The molecule has 2 N–H and O–H groups in total. The quantitative estimate of drug-likeness (QED) is 0.462. The highest BCUT2D eigenvalue weighted by molar-refractivity contribution is 7.18. The van der Waals surface area contributed by atoms with Gasteiger partial charge in [-0.15, -0.1) is 11.3 Å². The number of rotatable bonds is 7. The fourth-order valence-electron chi connectivity index (χ4n) is 2.97.